The molecule has 0 amide bonds. The Morgan fingerprint density at radius 2 is 2.00 bits per heavy atom. The van der Waals surface area contributed by atoms with Gasteiger partial charge in [0, 0.05) is 12.1 Å². The number of hydrogen-bond acceptors (Lipinski definition) is 5. The van der Waals surface area contributed by atoms with Crippen LogP contribution in [-0.2, 0) is 22.9 Å². The van der Waals surface area contributed by atoms with Crippen LogP contribution in [0.25, 0.3) is 0 Å². The molecule has 0 fully saturated rings. The number of carbonyl (C=O) groups excluding carboxylic acids is 1. The lowest BCUT2D eigenvalue weighted by Crippen LogP contribution is -2.18. The Labute approximate surface area is 139 Å². The Morgan fingerprint density at radius 1 is 1.12 bits per heavy atom. The van der Waals surface area contributed by atoms with Gasteiger partial charge in [-0.3, -0.25) is 14.5 Å². The van der Waals surface area contributed by atoms with E-state index in [1.807, 2.05) is 6.07 Å². The summed E-state index contributed by atoms with van der Waals surface area (Å²) < 4.78 is 33.1. The fourth-order valence-electron chi connectivity index (χ4n) is 3.10. The van der Waals surface area contributed by atoms with E-state index >= 15 is 0 Å². The van der Waals surface area contributed by atoms with E-state index in [2.05, 4.69) is 9.71 Å². The number of ketones is 1. The van der Waals surface area contributed by atoms with Gasteiger partial charge >= 0.3 is 0 Å². The van der Waals surface area contributed by atoms with E-state index in [-0.39, 0.29) is 17.1 Å². The number of Topliss-reactive ketones (excluding diaryl/α,β-unsaturated/α-hetero) is 1. The number of rotatable bonds is 3. The number of fused-ring (bicyclic) bond motifs is 2. The fourth-order valence-corrected chi connectivity index (χ4v) is 4.16. The second-order valence-corrected chi connectivity index (χ2v) is 7.65. The van der Waals surface area contributed by atoms with E-state index in [1.165, 1.54) is 24.4 Å². The third-order valence-corrected chi connectivity index (χ3v) is 5.70. The van der Waals surface area contributed by atoms with E-state index in [1.54, 1.807) is 0 Å². The third kappa shape index (κ3) is 2.65. The quantitative estimate of drug-likeness (QED) is 0.924. The first-order chi connectivity index (χ1) is 11.5. The molecule has 1 aliphatic carbocycles. The van der Waals surface area contributed by atoms with Gasteiger partial charge in [-0.15, -0.1) is 0 Å². The van der Waals surface area contributed by atoms with Gasteiger partial charge in [0.15, 0.2) is 5.78 Å². The molecule has 0 spiro atoms. The molecule has 0 unspecified atom stereocenters. The number of pyridine rings is 1. The maximum Gasteiger partial charge on any atom is 0.261 e. The number of aromatic nitrogens is 1. The monoisotopic (exact) mass is 344 g/mol. The van der Waals surface area contributed by atoms with E-state index in [0.717, 1.165) is 30.5 Å². The second-order valence-electron chi connectivity index (χ2n) is 5.97. The number of ether oxygens (including phenoxy) is 1. The van der Waals surface area contributed by atoms with E-state index in [4.69, 9.17) is 4.74 Å². The first-order valence-corrected chi connectivity index (χ1v) is 9.32. The van der Waals surface area contributed by atoms with Crippen LogP contribution in [0.4, 0.5) is 5.69 Å². The average molecular weight is 344 g/mol. The molecule has 0 bridgehead atoms. The maximum absolute atomic E-state index is 12.6. The number of anilines is 1. The number of carbonyl (C=O) groups is 1. The van der Waals surface area contributed by atoms with Gasteiger partial charge in [-0.05, 0) is 49.1 Å². The molecule has 1 aliphatic heterocycles. The number of hydrogen-bond donors (Lipinski definition) is 1. The summed E-state index contributed by atoms with van der Waals surface area (Å²) in [6.07, 6.45) is 4.70. The molecule has 0 atom stereocenters. The SMILES string of the molecule is O=C1CCOc2ccc(S(=O)(=O)Nc3cnc4c(c3)CCC4)cc21. The predicted octanol–water partition coefficient (Wildman–Crippen LogP) is 2.34. The minimum atomic E-state index is -3.79. The van der Waals surface area contributed by atoms with Crippen LogP contribution < -0.4 is 9.46 Å². The van der Waals surface area contributed by atoms with Crippen molar-refractivity contribution in [2.24, 2.45) is 0 Å². The summed E-state index contributed by atoms with van der Waals surface area (Å²) in [6, 6.07) is 6.18. The largest absolute Gasteiger partial charge is 0.492 e. The Morgan fingerprint density at radius 3 is 2.88 bits per heavy atom. The average Bonchev–Trinajstić information content (AvgIpc) is 3.02. The number of aryl methyl sites for hydroxylation is 2. The van der Waals surface area contributed by atoms with Crippen LogP contribution >= 0.6 is 0 Å². The molecule has 2 aliphatic rings. The summed E-state index contributed by atoms with van der Waals surface area (Å²) in [7, 11) is -3.79. The first-order valence-electron chi connectivity index (χ1n) is 7.84. The molecule has 4 rings (SSSR count). The van der Waals surface area contributed by atoms with Gasteiger partial charge in [0.25, 0.3) is 10.0 Å². The topological polar surface area (TPSA) is 85.4 Å². The van der Waals surface area contributed by atoms with Gasteiger partial charge in [-0.1, -0.05) is 0 Å². The summed E-state index contributed by atoms with van der Waals surface area (Å²) >= 11 is 0. The van der Waals surface area contributed by atoms with Crippen molar-refractivity contribution in [1.82, 2.24) is 4.98 Å². The fraction of sp³-hybridized carbons (Fsp3) is 0.294. The number of benzene rings is 1. The molecule has 0 saturated carbocycles. The maximum atomic E-state index is 12.6. The highest BCUT2D eigenvalue weighted by atomic mass is 32.2. The van der Waals surface area contributed by atoms with Gasteiger partial charge in [0.2, 0.25) is 0 Å². The molecule has 124 valence electrons. The molecule has 0 saturated heterocycles. The van der Waals surface area contributed by atoms with Crippen molar-refractivity contribution in [2.75, 3.05) is 11.3 Å². The number of sulfonamides is 1. The predicted molar refractivity (Wildman–Crippen MR) is 88.0 cm³/mol. The van der Waals surface area contributed by atoms with Crippen molar-refractivity contribution >= 4 is 21.5 Å². The Balaban J connectivity index is 1.65. The molecule has 7 heteroatoms. The molecule has 6 nitrogen and oxygen atoms in total. The zero-order valence-corrected chi connectivity index (χ0v) is 13.7. The van der Waals surface area contributed by atoms with Gasteiger partial charge in [0.05, 0.1) is 29.0 Å². The summed E-state index contributed by atoms with van der Waals surface area (Å²) in [6.45, 7) is 0.330. The molecule has 24 heavy (non-hydrogen) atoms. The third-order valence-electron chi connectivity index (χ3n) is 4.32. The van der Waals surface area contributed by atoms with Crippen LogP contribution in [0, 0.1) is 0 Å². The zero-order valence-electron chi connectivity index (χ0n) is 12.9. The van der Waals surface area contributed by atoms with Crippen molar-refractivity contribution in [3.8, 4) is 5.75 Å². The normalized spacial score (nSPS) is 16.2. The minimum absolute atomic E-state index is 0.0422. The van der Waals surface area contributed by atoms with Crippen LogP contribution in [0.15, 0.2) is 35.4 Å². The molecule has 1 aromatic carbocycles. The summed E-state index contributed by atoms with van der Waals surface area (Å²) in [4.78, 5) is 16.3. The molecule has 0 radical (unpaired) electrons. The van der Waals surface area contributed by atoms with Crippen LogP contribution in [0.5, 0.6) is 5.75 Å². The first kappa shape index (κ1) is 15.1. The summed E-state index contributed by atoms with van der Waals surface area (Å²) in [5, 5.41) is 0. The molecule has 1 aromatic heterocycles. The highest BCUT2D eigenvalue weighted by Crippen LogP contribution is 2.29. The lowest BCUT2D eigenvalue weighted by molar-refractivity contribution is 0.0933. The minimum Gasteiger partial charge on any atom is -0.492 e. The highest BCUT2D eigenvalue weighted by molar-refractivity contribution is 7.92. The van der Waals surface area contributed by atoms with Crippen molar-refractivity contribution in [3.05, 3.63) is 47.3 Å². The Hall–Kier alpha value is -2.41. The molecular weight excluding hydrogens is 328 g/mol. The standard InChI is InChI=1S/C17H16N2O4S/c20-16-6-7-23-17-5-4-13(9-14(16)17)24(21,22)19-12-8-11-2-1-3-15(11)18-10-12/h4-5,8-10,19H,1-3,6-7H2. The lowest BCUT2D eigenvalue weighted by Gasteiger charge is -2.17. The number of nitrogens with one attached hydrogen (secondary N) is 1. The second kappa shape index (κ2) is 5.59. The molecule has 2 heterocycles. The molecule has 2 aromatic rings. The molecule has 1 N–H and O–H groups in total. The smallest absolute Gasteiger partial charge is 0.261 e. The van der Waals surface area contributed by atoms with Gasteiger partial charge < -0.3 is 4.74 Å². The van der Waals surface area contributed by atoms with Crippen LogP contribution in [0.1, 0.15) is 34.5 Å². The van der Waals surface area contributed by atoms with Crippen molar-refractivity contribution in [1.29, 1.82) is 0 Å². The van der Waals surface area contributed by atoms with Gasteiger partial charge in [0.1, 0.15) is 5.75 Å². The van der Waals surface area contributed by atoms with E-state index in [9.17, 15) is 13.2 Å². The molecular formula is C17H16N2O4S. The summed E-state index contributed by atoms with van der Waals surface area (Å²) in [5.41, 5.74) is 2.88. The Bertz CT molecular complexity index is 938. The van der Waals surface area contributed by atoms with Crippen molar-refractivity contribution < 1.29 is 17.9 Å². The number of nitrogens with zero attached hydrogens (tertiary/aromatic N) is 1. The highest BCUT2D eigenvalue weighted by Gasteiger charge is 2.23. The van der Waals surface area contributed by atoms with E-state index < -0.39 is 10.0 Å². The van der Waals surface area contributed by atoms with Crippen molar-refractivity contribution in [3.63, 3.8) is 0 Å². The van der Waals surface area contributed by atoms with Gasteiger partial charge in [-0.25, -0.2) is 8.42 Å². The zero-order chi connectivity index (χ0) is 16.7. The lowest BCUT2D eigenvalue weighted by atomic mass is 10.1. The van der Waals surface area contributed by atoms with Crippen LogP contribution in [-0.4, -0.2) is 25.8 Å². The van der Waals surface area contributed by atoms with E-state index in [0.29, 0.717) is 23.6 Å². The van der Waals surface area contributed by atoms with Crippen molar-refractivity contribution in [2.45, 2.75) is 30.6 Å². The summed E-state index contributed by atoms with van der Waals surface area (Å²) in [5.74, 6) is 0.330. The van der Waals surface area contributed by atoms with Crippen LogP contribution in [0.3, 0.4) is 0 Å². The van der Waals surface area contributed by atoms with Gasteiger partial charge in [-0.2, -0.15) is 0 Å². The Kier molecular flexibility index (Phi) is 3.53. The van der Waals surface area contributed by atoms with Crippen LogP contribution in [0.2, 0.25) is 0 Å².